The lowest BCUT2D eigenvalue weighted by Crippen LogP contribution is -2.45. The van der Waals surface area contributed by atoms with E-state index in [0.717, 1.165) is 28.1 Å². The Labute approximate surface area is 128 Å². The van der Waals surface area contributed by atoms with Gasteiger partial charge in [-0.1, -0.05) is 42.0 Å². The van der Waals surface area contributed by atoms with Crippen LogP contribution in [0.3, 0.4) is 0 Å². The molecule has 1 unspecified atom stereocenters. The number of rotatable bonds is 1. The number of hydrogen-bond donors (Lipinski definition) is 2. The molecule has 2 N–H and O–H groups in total. The predicted octanol–water partition coefficient (Wildman–Crippen LogP) is 3.15. The van der Waals surface area contributed by atoms with Gasteiger partial charge in [-0.2, -0.15) is 0 Å². The number of benzene rings is 2. The molecule has 0 radical (unpaired) electrons. The van der Waals surface area contributed by atoms with Crippen molar-refractivity contribution in [2.45, 2.75) is 13.0 Å². The van der Waals surface area contributed by atoms with E-state index >= 15 is 0 Å². The summed E-state index contributed by atoms with van der Waals surface area (Å²) < 4.78 is 5.86. The molecule has 0 aromatic heterocycles. The van der Waals surface area contributed by atoms with Crippen LogP contribution < -0.4 is 15.4 Å². The van der Waals surface area contributed by atoms with Crippen LogP contribution in [-0.2, 0) is 0 Å². The number of carbonyl (C=O) groups is 1. The number of carbonyl (C=O) groups excluding carboxylic acids is 1. The summed E-state index contributed by atoms with van der Waals surface area (Å²) in [4.78, 5) is 12.1. The van der Waals surface area contributed by atoms with Crippen LogP contribution in [0.2, 0.25) is 0 Å². The van der Waals surface area contributed by atoms with Crippen molar-refractivity contribution in [3.05, 3.63) is 70.8 Å². The molecular weight excluding hydrogens is 276 g/mol. The highest BCUT2D eigenvalue weighted by atomic mass is 16.5. The second kappa shape index (κ2) is 4.91. The third-order valence-corrected chi connectivity index (χ3v) is 4.10. The first-order valence-electron chi connectivity index (χ1n) is 7.32. The van der Waals surface area contributed by atoms with E-state index in [0.29, 0.717) is 6.61 Å². The minimum atomic E-state index is -0.179. The summed E-state index contributed by atoms with van der Waals surface area (Å²) in [6.45, 7) is 2.52. The third kappa shape index (κ3) is 2.04. The summed E-state index contributed by atoms with van der Waals surface area (Å²) in [6, 6.07) is 15.6. The SMILES string of the molecule is Cc1cccc(C2NC(=O)NC3=C2COc2ccccc23)c1. The van der Waals surface area contributed by atoms with Crippen LogP contribution in [0.5, 0.6) is 5.75 Å². The van der Waals surface area contributed by atoms with Crippen LogP contribution in [-0.4, -0.2) is 12.6 Å². The van der Waals surface area contributed by atoms with Crippen molar-refractivity contribution >= 4 is 11.7 Å². The van der Waals surface area contributed by atoms with Gasteiger partial charge in [0.15, 0.2) is 0 Å². The lowest BCUT2D eigenvalue weighted by Gasteiger charge is -2.34. The highest BCUT2D eigenvalue weighted by Gasteiger charge is 2.32. The number of aryl methyl sites for hydroxylation is 1. The largest absolute Gasteiger partial charge is 0.488 e. The van der Waals surface area contributed by atoms with Gasteiger partial charge in [0.2, 0.25) is 0 Å². The van der Waals surface area contributed by atoms with Gasteiger partial charge < -0.3 is 15.4 Å². The zero-order valence-electron chi connectivity index (χ0n) is 12.2. The average molecular weight is 292 g/mol. The minimum Gasteiger partial charge on any atom is -0.488 e. The minimum absolute atomic E-state index is 0.156. The highest BCUT2D eigenvalue weighted by Crippen LogP contribution is 2.38. The monoisotopic (exact) mass is 292 g/mol. The van der Waals surface area contributed by atoms with Gasteiger partial charge >= 0.3 is 6.03 Å². The van der Waals surface area contributed by atoms with E-state index in [2.05, 4.69) is 16.7 Å². The molecule has 2 aliphatic rings. The second-order valence-electron chi connectivity index (χ2n) is 5.63. The van der Waals surface area contributed by atoms with E-state index in [9.17, 15) is 4.79 Å². The van der Waals surface area contributed by atoms with Gasteiger partial charge in [-0.15, -0.1) is 0 Å². The molecule has 1 atom stereocenters. The zero-order valence-corrected chi connectivity index (χ0v) is 12.2. The number of hydrogen-bond acceptors (Lipinski definition) is 2. The number of ether oxygens (including phenoxy) is 1. The Kier molecular flexibility index (Phi) is 2.89. The molecule has 4 nitrogen and oxygen atoms in total. The summed E-state index contributed by atoms with van der Waals surface area (Å²) in [5.74, 6) is 0.812. The van der Waals surface area contributed by atoms with E-state index in [1.54, 1.807) is 0 Å². The molecule has 2 heterocycles. The van der Waals surface area contributed by atoms with E-state index in [4.69, 9.17) is 4.74 Å². The Hall–Kier alpha value is -2.75. The fraction of sp³-hybridized carbons (Fsp3) is 0.167. The van der Waals surface area contributed by atoms with E-state index in [1.165, 1.54) is 5.56 Å². The Morgan fingerprint density at radius 2 is 2.00 bits per heavy atom. The summed E-state index contributed by atoms with van der Waals surface area (Å²) in [6.07, 6.45) is 0. The van der Waals surface area contributed by atoms with Crippen LogP contribution in [0, 0.1) is 6.92 Å². The van der Waals surface area contributed by atoms with E-state index in [-0.39, 0.29) is 12.1 Å². The van der Waals surface area contributed by atoms with Gasteiger partial charge in [-0.3, -0.25) is 0 Å². The van der Waals surface area contributed by atoms with Crippen molar-refractivity contribution in [1.29, 1.82) is 0 Å². The smallest absolute Gasteiger partial charge is 0.320 e. The molecule has 0 fully saturated rings. The topological polar surface area (TPSA) is 50.4 Å². The molecule has 22 heavy (non-hydrogen) atoms. The Balaban J connectivity index is 1.86. The number of nitrogens with one attached hydrogen (secondary N) is 2. The molecule has 0 saturated carbocycles. The standard InChI is InChI=1S/C18H16N2O2/c1-11-5-4-6-12(9-11)16-14-10-22-15-8-3-2-7-13(15)17(14)20-18(21)19-16/h2-9,16H,10H2,1H3,(H2,19,20,21). The molecular formula is C18H16N2O2. The Bertz CT molecular complexity index is 795. The number of fused-ring (bicyclic) bond motifs is 2. The van der Waals surface area contributed by atoms with Crippen LogP contribution in [0.15, 0.2) is 54.1 Å². The second-order valence-corrected chi connectivity index (χ2v) is 5.63. The van der Waals surface area contributed by atoms with Gasteiger partial charge in [0.05, 0.1) is 11.7 Å². The van der Waals surface area contributed by atoms with Gasteiger partial charge in [0.1, 0.15) is 12.4 Å². The molecule has 2 aromatic carbocycles. The van der Waals surface area contributed by atoms with Crippen LogP contribution in [0.1, 0.15) is 22.7 Å². The van der Waals surface area contributed by atoms with Crippen LogP contribution >= 0.6 is 0 Å². The maximum Gasteiger partial charge on any atom is 0.320 e. The molecule has 4 rings (SSSR count). The molecule has 110 valence electrons. The first-order chi connectivity index (χ1) is 10.7. The Morgan fingerprint density at radius 3 is 2.86 bits per heavy atom. The number of urea groups is 1. The molecule has 2 aliphatic heterocycles. The first kappa shape index (κ1) is 13.0. The Morgan fingerprint density at radius 1 is 1.14 bits per heavy atom. The van der Waals surface area contributed by atoms with Gasteiger partial charge in [-0.25, -0.2) is 4.79 Å². The molecule has 2 aromatic rings. The highest BCUT2D eigenvalue weighted by molar-refractivity contribution is 5.92. The normalized spacial score (nSPS) is 19.5. The number of para-hydroxylation sites is 1. The molecule has 0 bridgehead atoms. The molecule has 2 amide bonds. The zero-order chi connectivity index (χ0) is 15.1. The average Bonchev–Trinajstić information content (AvgIpc) is 2.54. The van der Waals surface area contributed by atoms with Crippen LogP contribution in [0.25, 0.3) is 5.70 Å². The lowest BCUT2D eigenvalue weighted by molar-refractivity contribution is 0.237. The van der Waals surface area contributed by atoms with Crippen molar-refractivity contribution < 1.29 is 9.53 Å². The van der Waals surface area contributed by atoms with Crippen molar-refractivity contribution in [1.82, 2.24) is 10.6 Å². The van der Waals surface area contributed by atoms with E-state index in [1.807, 2.05) is 49.4 Å². The van der Waals surface area contributed by atoms with Crippen molar-refractivity contribution in [2.24, 2.45) is 0 Å². The summed E-state index contributed by atoms with van der Waals surface area (Å²) in [5, 5.41) is 5.94. The fourth-order valence-electron chi connectivity index (χ4n) is 3.08. The molecule has 0 aliphatic carbocycles. The van der Waals surface area contributed by atoms with E-state index < -0.39 is 0 Å². The number of amides is 2. The summed E-state index contributed by atoms with van der Waals surface area (Å²) >= 11 is 0. The van der Waals surface area contributed by atoms with Crippen molar-refractivity contribution in [3.63, 3.8) is 0 Å². The van der Waals surface area contributed by atoms with Gasteiger partial charge in [0, 0.05) is 11.1 Å². The van der Waals surface area contributed by atoms with Crippen LogP contribution in [0.4, 0.5) is 4.79 Å². The van der Waals surface area contributed by atoms with Crippen molar-refractivity contribution in [2.75, 3.05) is 6.61 Å². The quantitative estimate of drug-likeness (QED) is 0.848. The van der Waals surface area contributed by atoms with Gasteiger partial charge in [-0.05, 0) is 24.6 Å². The fourth-order valence-corrected chi connectivity index (χ4v) is 3.08. The predicted molar refractivity (Wildman–Crippen MR) is 84.4 cm³/mol. The molecule has 4 heteroatoms. The molecule has 0 spiro atoms. The molecule has 0 saturated heterocycles. The first-order valence-corrected chi connectivity index (χ1v) is 7.32. The van der Waals surface area contributed by atoms with Crippen molar-refractivity contribution in [3.8, 4) is 5.75 Å². The lowest BCUT2D eigenvalue weighted by atomic mass is 9.91. The summed E-state index contributed by atoms with van der Waals surface area (Å²) in [5.41, 5.74) is 5.12. The van der Waals surface area contributed by atoms with Gasteiger partial charge in [0.25, 0.3) is 0 Å². The maximum absolute atomic E-state index is 12.1. The maximum atomic E-state index is 12.1. The third-order valence-electron chi connectivity index (χ3n) is 4.10. The summed E-state index contributed by atoms with van der Waals surface area (Å²) in [7, 11) is 0.